The van der Waals surface area contributed by atoms with Crippen LogP contribution in [-0.4, -0.2) is 0 Å². The summed E-state index contributed by atoms with van der Waals surface area (Å²) in [5, 5.41) is 0. The molecule has 2 atom stereocenters. The number of rotatable bonds is 2. The second kappa shape index (κ2) is 4.01. The fraction of sp³-hybridized carbons (Fsp3) is 1.00. The minimum absolute atomic E-state index is 0.867. The Morgan fingerprint density at radius 2 is 1.21 bits per heavy atom. The largest absolute Gasteiger partial charge is 0.0528 e. The molecule has 106 valence electrons. The molecule has 0 radical (unpaired) electrons. The normalized spacial score (nSPS) is 56.5. The van der Waals surface area contributed by atoms with Crippen molar-refractivity contribution in [2.24, 2.45) is 40.9 Å². The standard InChI is InChI=1S/C19H30/c1-3-16(4-1)17-5-2-6-18(17)19-10-13-7-14(11-19)9-15(8-13)12-19/h13-18H,1-12H2. The van der Waals surface area contributed by atoms with Gasteiger partial charge < -0.3 is 0 Å². The van der Waals surface area contributed by atoms with E-state index in [1.54, 1.807) is 77.0 Å². The Labute approximate surface area is 118 Å². The monoisotopic (exact) mass is 258 g/mol. The van der Waals surface area contributed by atoms with Crippen molar-refractivity contribution in [2.45, 2.75) is 77.0 Å². The van der Waals surface area contributed by atoms with Crippen LogP contribution >= 0.6 is 0 Å². The van der Waals surface area contributed by atoms with Crippen LogP contribution < -0.4 is 0 Å². The first kappa shape index (κ1) is 11.6. The zero-order chi connectivity index (χ0) is 12.4. The molecule has 6 aliphatic rings. The molecule has 0 aromatic carbocycles. The van der Waals surface area contributed by atoms with Gasteiger partial charge in [-0.05, 0) is 92.3 Å². The van der Waals surface area contributed by atoms with Gasteiger partial charge in [-0.3, -0.25) is 0 Å². The molecule has 2 unspecified atom stereocenters. The van der Waals surface area contributed by atoms with Crippen LogP contribution in [0.15, 0.2) is 0 Å². The van der Waals surface area contributed by atoms with Gasteiger partial charge in [-0.2, -0.15) is 0 Å². The Kier molecular flexibility index (Phi) is 2.46. The highest BCUT2D eigenvalue weighted by Gasteiger charge is 2.57. The third-order valence-electron chi connectivity index (χ3n) is 8.20. The highest BCUT2D eigenvalue weighted by atomic mass is 14.6. The summed E-state index contributed by atoms with van der Waals surface area (Å²) in [4.78, 5) is 0. The van der Waals surface area contributed by atoms with E-state index in [0.717, 1.165) is 23.2 Å². The van der Waals surface area contributed by atoms with Crippen molar-refractivity contribution in [1.29, 1.82) is 0 Å². The van der Waals surface area contributed by atoms with E-state index in [9.17, 15) is 0 Å². The second-order valence-corrected chi connectivity index (χ2v) is 9.17. The molecule has 6 rings (SSSR count). The molecule has 19 heavy (non-hydrogen) atoms. The fourth-order valence-corrected chi connectivity index (χ4v) is 7.81. The van der Waals surface area contributed by atoms with Crippen LogP contribution in [0, 0.1) is 40.9 Å². The summed E-state index contributed by atoms with van der Waals surface area (Å²) in [6.07, 6.45) is 19.4. The summed E-state index contributed by atoms with van der Waals surface area (Å²) >= 11 is 0. The lowest BCUT2D eigenvalue weighted by atomic mass is 9.44. The SMILES string of the molecule is C1CC(C2CCCC2C23CC4CC(CC(C4)C2)C3)C1. The molecule has 0 amide bonds. The fourth-order valence-electron chi connectivity index (χ4n) is 7.81. The average Bonchev–Trinajstić information content (AvgIpc) is 2.74. The van der Waals surface area contributed by atoms with Gasteiger partial charge in [0, 0.05) is 0 Å². The van der Waals surface area contributed by atoms with E-state index in [2.05, 4.69) is 0 Å². The van der Waals surface area contributed by atoms with E-state index in [-0.39, 0.29) is 0 Å². The lowest BCUT2D eigenvalue weighted by Gasteiger charge is -2.61. The first-order valence-corrected chi connectivity index (χ1v) is 9.32. The Hall–Kier alpha value is 0. The minimum Gasteiger partial charge on any atom is -0.0528 e. The van der Waals surface area contributed by atoms with E-state index in [4.69, 9.17) is 0 Å². The average molecular weight is 258 g/mol. The third kappa shape index (κ3) is 1.64. The summed E-state index contributed by atoms with van der Waals surface area (Å²) in [5.41, 5.74) is 0.867. The predicted molar refractivity (Wildman–Crippen MR) is 78.8 cm³/mol. The molecule has 4 bridgehead atoms. The van der Waals surface area contributed by atoms with Gasteiger partial charge in [0.2, 0.25) is 0 Å². The van der Waals surface area contributed by atoms with E-state index < -0.39 is 0 Å². The van der Waals surface area contributed by atoms with E-state index in [1.807, 2.05) is 0 Å². The molecule has 0 aromatic rings. The maximum atomic E-state index is 1.66. The summed E-state index contributed by atoms with van der Waals surface area (Å²) in [6.45, 7) is 0. The topological polar surface area (TPSA) is 0 Å². The molecule has 0 spiro atoms. The van der Waals surface area contributed by atoms with Gasteiger partial charge >= 0.3 is 0 Å². The molecule has 0 aliphatic heterocycles. The van der Waals surface area contributed by atoms with Crippen LogP contribution in [0.5, 0.6) is 0 Å². The molecule has 0 nitrogen and oxygen atoms in total. The molecule has 0 heteroatoms. The Bertz CT molecular complexity index is 329. The van der Waals surface area contributed by atoms with Crippen LogP contribution in [-0.2, 0) is 0 Å². The van der Waals surface area contributed by atoms with Crippen molar-refractivity contribution < 1.29 is 0 Å². The molecule has 0 aromatic heterocycles. The van der Waals surface area contributed by atoms with Crippen LogP contribution in [0.1, 0.15) is 77.0 Å². The quantitative estimate of drug-likeness (QED) is 0.620. The van der Waals surface area contributed by atoms with Gasteiger partial charge in [-0.1, -0.05) is 25.7 Å². The first-order chi connectivity index (χ1) is 9.32. The lowest BCUT2D eigenvalue weighted by Crippen LogP contribution is -2.51. The zero-order valence-electron chi connectivity index (χ0n) is 12.4. The maximum absolute atomic E-state index is 1.66. The van der Waals surface area contributed by atoms with Crippen molar-refractivity contribution in [1.82, 2.24) is 0 Å². The van der Waals surface area contributed by atoms with Crippen LogP contribution in [0.2, 0.25) is 0 Å². The third-order valence-corrected chi connectivity index (χ3v) is 8.20. The Morgan fingerprint density at radius 3 is 1.74 bits per heavy atom. The molecular weight excluding hydrogens is 228 g/mol. The molecule has 0 N–H and O–H groups in total. The van der Waals surface area contributed by atoms with Crippen molar-refractivity contribution >= 4 is 0 Å². The molecule has 6 saturated carbocycles. The highest BCUT2D eigenvalue weighted by molar-refractivity contribution is 5.07. The van der Waals surface area contributed by atoms with Gasteiger partial charge in [0.25, 0.3) is 0 Å². The van der Waals surface area contributed by atoms with Crippen molar-refractivity contribution in [3.05, 3.63) is 0 Å². The van der Waals surface area contributed by atoms with Gasteiger partial charge in [0.1, 0.15) is 0 Å². The smallest absolute Gasteiger partial charge is 0.0259 e. The van der Waals surface area contributed by atoms with Gasteiger partial charge in [0.15, 0.2) is 0 Å². The van der Waals surface area contributed by atoms with E-state index in [1.165, 1.54) is 17.8 Å². The second-order valence-electron chi connectivity index (χ2n) is 9.17. The van der Waals surface area contributed by atoms with Gasteiger partial charge in [0.05, 0.1) is 0 Å². The highest BCUT2D eigenvalue weighted by Crippen LogP contribution is 2.67. The maximum Gasteiger partial charge on any atom is -0.0259 e. The summed E-state index contributed by atoms with van der Waals surface area (Å²) in [6, 6.07) is 0. The zero-order valence-corrected chi connectivity index (χ0v) is 12.4. The van der Waals surface area contributed by atoms with Gasteiger partial charge in [-0.25, -0.2) is 0 Å². The summed E-state index contributed by atoms with van der Waals surface area (Å²) in [7, 11) is 0. The molecule has 6 aliphatic carbocycles. The first-order valence-electron chi connectivity index (χ1n) is 9.32. The molecule has 6 fully saturated rings. The minimum atomic E-state index is 0.867. The molecular formula is C19H30. The Balaban J connectivity index is 1.44. The van der Waals surface area contributed by atoms with Crippen LogP contribution in [0.3, 0.4) is 0 Å². The van der Waals surface area contributed by atoms with Crippen molar-refractivity contribution in [3.63, 3.8) is 0 Å². The lowest BCUT2D eigenvalue weighted by molar-refractivity contribution is -0.105. The number of hydrogen-bond donors (Lipinski definition) is 0. The Morgan fingerprint density at radius 1 is 0.632 bits per heavy atom. The van der Waals surface area contributed by atoms with Crippen molar-refractivity contribution in [2.75, 3.05) is 0 Å². The number of hydrogen-bond acceptors (Lipinski definition) is 0. The molecule has 0 heterocycles. The van der Waals surface area contributed by atoms with E-state index >= 15 is 0 Å². The van der Waals surface area contributed by atoms with Gasteiger partial charge in [-0.15, -0.1) is 0 Å². The molecule has 0 saturated heterocycles. The summed E-state index contributed by atoms with van der Waals surface area (Å²) < 4.78 is 0. The van der Waals surface area contributed by atoms with Crippen LogP contribution in [0.4, 0.5) is 0 Å². The van der Waals surface area contributed by atoms with E-state index in [0.29, 0.717) is 0 Å². The van der Waals surface area contributed by atoms with Crippen LogP contribution in [0.25, 0.3) is 0 Å². The summed E-state index contributed by atoms with van der Waals surface area (Å²) in [5.74, 6) is 6.99. The van der Waals surface area contributed by atoms with Crippen molar-refractivity contribution in [3.8, 4) is 0 Å². The predicted octanol–water partition coefficient (Wildman–Crippen LogP) is 5.42.